The third-order valence-electron chi connectivity index (χ3n) is 7.48. The maximum atomic E-state index is 13.5. The highest BCUT2D eigenvalue weighted by Gasteiger charge is 2.42. The number of halogens is 3. The predicted octanol–water partition coefficient (Wildman–Crippen LogP) is 0.152. The number of likely N-dealkylation sites (tertiary alicyclic amines) is 1. The van der Waals surface area contributed by atoms with Crippen molar-refractivity contribution in [2.75, 3.05) is 26.2 Å². The molecule has 2 saturated heterocycles. The number of carbonyl (C=O) groups is 5. The van der Waals surface area contributed by atoms with Gasteiger partial charge >= 0.3 is 12.3 Å². The molecule has 0 bridgehead atoms. The van der Waals surface area contributed by atoms with E-state index in [1.165, 1.54) is 0 Å². The molecule has 2 heterocycles. The van der Waals surface area contributed by atoms with Gasteiger partial charge in [0.2, 0.25) is 11.8 Å². The highest BCUT2D eigenvalue weighted by Crippen LogP contribution is 2.34. The maximum absolute atomic E-state index is 13.5. The van der Waals surface area contributed by atoms with Crippen molar-refractivity contribution in [2.45, 2.75) is 96.3 Å². The van der Waals surface area contributed by atoms with E-state index in [-0.39, 0.29) is 63.2 Å². The fourth-order valence-electron chi connectivity index (χ4n) is 5.24. The van der Waals surface area contributed by atoms with E-state index in [1.54, 1.807) is 32.6 Å². The number of nitrogens with one attached hydrogen (secondary N) is 4. The van der Waals surface area contributed by atoms with E-state index in [0.29, 0.717) is 13.0 Å². The summed E-state index contributed by atoms with van der Waals surface area (Å²) in [6.45, 7) is 7.18. The van der Waals surface area contributed by atoms with Gasteiger partial charge in [-0.15, -0.1) is 0 Å². The first kappa shape index (κ1) is 36.1. The van der Waals surface area contributed by atoms with Gasteiger partial charge in [-0.3, -0.25) is 24.1 Å². The molecule has 0 aromatic rings. The lowest BCUT2D eigenvalue weighted by Crippen LogP contribution is -2.58. The van der Waals surface area contributed by atoms with E-state index < -0.39 is 66.1 Å². The molecule has 5 atom stereocenters. The summed E-state index contributed by atoms with van der Waals surface area (Å²) in [5.41, 5.74) is 5.15. The first-order valence-electron chi connectivity index (χ1n) is 14.6. The number of primary amides is 1. The predicted molar refractivity (Wildman–Crippen MR) is 148 cm³/mol. The number of hydrogen-bond donors (Lipinski definition) is 6. The molecule has 0 saturated carbocycles. The van der Waals surface area contributed by atoms with E-state index in [9.17, 15) is 42.3 Å². The van der Waals surface area contributed by atoms with Gasteiger partial charge in [0.15, 0.2) is 12.2 Å². The van der Waals surface area contributed by atoms with Gasteiger partial charge in [0.25, 0.3) is 11.8 Å². The van der Waals surface area contributed by atoms with Crippen molar-refractivity contribution in [3.63, 3.8) is 0 Å². The van der Waals surface area contributed by atoms with Crippen LogP contribution < -0.4 is 27.0 Å². The molecule has 2 aliphatic heterocycles. The van der Waals surface area contributed by atoms with Gasteiger partial charge in [0, 0.05) is 25.0 Å². The number of aliphatic hydroxyl groups excluding tert-OH is 1. The molecular weight excluding hydrogens is 577 g/mol. The van der Waals surface area contributed by atoms with Gasteiger partial charge in [0.1, 0.15) is 6.04 Å². The number of nitrogens with two attached hydrogens (primary N) is 1. The van der Waals surface area contributed by atoms with Crippen LogP contribution in [0.5, 0.6) is 0 Å². The van der Waals surface area contributed by atoms with Crippen molar-refractivity contribution in [2.24, 2.45) is 23.5 Å². The lowest BCUT2D eigenvalue weighted by atomic mass is 9.93. The van der Waals surface area contributed by atoms with Crippen molar-refractivity contribution < 1.29 is 47.0 Å². The van der Waals surface area contributed by atoms with Crippen molar-refractivity contribution in [3.8, 4) is 0 Å². The van der Waals surface area contributed by atoms with Gasteiger partial charge in [-0.1, -0.05) is 13.8 Å². The first-order valence-corrected chi connectivity index (χ1v) is 14.6. The summed E-state index contributed by atoms with van der Waals surface area (Å²) >= 11 is 0. The zero-order valence-corrected chi connectivity index (χ0v) is 25.0. The third kappa shape index (κ3) is 11.8. The van der Waals surface area contributed by atoms with Crippen molar-refractivity contribution in [3.05, 3.63) is 0 Å². The fourth-order valence-corrected chi connectivity index (χ4v) is 5.24. The van der Waals surface area contributed by atoms with Gasteiger partial charge in [-0.25, -0.2) is 4.79 Å². The van der Waals surface area contributed by atoms with Crippen molar-refractivity contribution in [1.29, 1.82) is 0 Å². The Labute approximate surface area is 249 Å². The fraction of sp³-hybridized carbons (Fsp3) is 0.815. The van der Waals surface area contributed by atoms with Crippen LogP contribution in [0.2, 0.25) is 0 Å². The quantitative estimate of drug-likeness (QED) is 0.158. The molecule has 4 unspecified atom stereocenters. The number of hydrogen-bond acceptors (Lipinski definition) is 8. The Morgan fingerprint density at radius 1 is 1.02 bits per heavy atom. The summed E-state index contributed by atoms with van der Waals surface area (Å²) in [4.78, 5) is 64.7. The van der Waals surface area contributed by atoms with Crippen LogP contribution in [-0.4, -0.2) is 102 Å². The average Bonchev–Trinajstić information content (AvgIpc) is 3.29. The second-order valence-corrected chi connectivity index (χ2v) is 12.0. The molecule has 2 aliphatic rings. The summed E-state index contributed by atoms with van der Waals surface area (Å²) in [6, 6.07) is -2.68. The van der Waals surface area contributed by atoms with Gasteiger partial charge in [0.05, 0.1) is 12.0 Å². The van der Waals surface area contributed by atoms with Gasteiger partial charge < -0.3 is 36.8 Å². The highest BCUT2D eigenvalue weighted by atomic mass is 19.4. The summed E-state index contributed by atoms with van der Waals surface area (Å²) in [5.74, 6) is -4.79. The normalized spacial score (nSPS) is 21.1. The van der Waals surface area contributed by atoms with Gasteiger partial charge in [-0.05, 0) is 65.0 Å². The zero-order chi connectivity index (χ0) is 32.5. The second kappa shape index (κ2) is 16.1. The standard InChI is InChI=1S/C27H45F3N6O7/c1-14(2)11-19(23(39)34-18(12-16-5-8-32-22(16)38)21(37)25(41)33-15(3)4)35-24(40)20(43-26(31)42)13-36-9-6-17(7-10-36)27(28,29)30/h14-21,37H,5-13H2,1-4H3,(H2,31,42)(H,32,38)(H,33,41)(H,34,39)(H,35,40)/t16-,18?,19?,20?,21?/m0/s1. The van der Waals surface area contributed by atoms with E-state index in [0.717, 1.165) is 0 Å². The third-order valence-corrected chi connectivity index (χ3v) is 7.48. The molecular formula is C27H45F3N6O7. The van der Waals surface area contributed by atoms with Crippen LogP contribution in [0.3, 0.4) is 0 Å². The van der Waals surface area contributed by atoms with Crippen molar-refractivity contribution in [1.82, 2.24) is 26.2 Å². The lowest BCUT2D eigenvalue weighted by Gasteiger charge is -2.34. The number of nitrogens with zero attached hydrogens (tertiary/aromatic N) is 1. The van der Waals surface area contributed by atoms with Crippen LogP contribution in [0.25, 0.3) is 0 Å². The Morgan fingerprint density at radius 3 is 2.14 bits per heavy atom. The molecule has 7 N–H and O–H groups in total. The topological polar surface area (TPSA) is 192 Å². The molecule has 16 heteroatoms. The largest absolute Gasteiger partial charge is 0.435 e. The number of aliphatic hydroxyl groups is 1. The van der Waals surface area contributed by atoms with E-state index >= 15 is 0 Å². The number of carbonyl (C=O) groups excluding carboxylic acids is 5. The molecule has 0 aromatic carbocycles. The maximum Gasteiger partial charge on any atom is 0.405 e. The Morgan fingerprint density at radius 2 is 1.65 bits per heavy atom. The highest BCUT2D eigenvalue weighted by molar-refractivity contribution is 5.91. The molecule has 246 valence electrons. The van der Waals surface area contributed by atoms with Crippen LogP contribution in [0.15, 0.2) is 0 Å². The number of piperidine rings is 1. The van der Waals surface area contributed by atoms with Crippen molar-refractivity contribution >= 4 is 29.7 Å². The number of ether oxygens (including phenoxy) is 1. The Kier molecular flexibility index (Phi) is 13.5. The molecule has 2 rings (SSSR count). The Hall–Kier alpha value is -3.14. The smallest absolute Gasteiger partial charge is 0.405 e. The van der Waals surface area contributed by atoms with Crippen LogP contribution in [-0.2, 0) is 23.9 Å². The van der Waals surface area contributed by atoms with Gasteiger partial charge in [-0.2, -0.15) is 13.2 Å². The van der Waals surface area contributed by atoms with E-state index in [1.807, 2.05) is 0 Å². The molecule has 0 aromatic heterocycles. The Bertz CT molecular complexity index is 989. The SMILES string of the molecule is CC(C)CC(NC(=O)C(CN1CCC(C(F)(F)F)CC1)OC(N)=O)C(=O)NC(C[C@@H]1CCNC1=O)C(O)C(=O)NC(C)C. The van der Waals surface area contributed by atoms with E-state index in [2.05, 4.69) is 21.3 Å². The zero-order valence-electron chi connectivity index (χ0n) is 25.0. The summed E-state index contributed by atoms with van der Waals surface area (Å²) < 4.78 is 44.2. The molecule has 0 radical (unpaired) electrons. The van der Waals surface area contributed by atoms with Crippen LogP contribution in [0.1, 0.15) is 59.8 Å². The molecule has 0 aliphatic carbocycles. The minimum atomic E-state index is -4.33. The summed E-state index contributed by atoms with van der Waals surface area (Å²) in [5, 5.41) is 21.2. The molecule has 5 amide bonds. The molecule has 2 fully saturated rings. The first-order chi connectivity index (χ1) is 20.0. The Balaban J connectivity index is 2.17. The molecule has 43 heavy (non-hydrogen) atoms. The van der Waals surface area contributed by atoms with Crippen LogP contribution in [0, 0.1) is 17.8 Å². The number of rotatable bonds is 14. The minimum absolute atomic E-state index is 0.0126. The summed E-state index contributed by atoms with van der Waals surface area (Å²) in [6.07, 6.45) is -8.64. The monoisotopic (exact) mass is 622 g/mol. The number of alkyl halides is 3. The summed E-state index contributed by atoms with van der Waals surface area (Å²) in [7, 11) is 0. The second-order valence-electron chi connectivity index (χ2n) is 12.0. The molecule has 13 nitrogen and oxygen atoms in total. The average molecular weight is 623 g/mol. The number of amides is 5. The lowest BCUT2D eigenvalue weighted by molar-refractivity contribution is -0.185. The van der Waals surface area contributed by atoms with Crippen LogP contribution in [0.4, 0.5) is 18.0 Å². The van der Waals surface area contributed by atoms with Crippen LogP contribution >= 0.6 is 0 Å². The van der Waals surface area contributed by atoms with E-state index in [4.69, 9.17) is 10.5 Å². The minimum Gasteiger partial charge on any atom is -0.435 e. The molecule has 0 spiro atoms.